The number of amides is 2. The molecule has 21 heavy (non-hydrogen) atoms. The average molecular weight is 300 g/mol. The van der Waals surface area contributed by atoms with Crippen molar-refractivity contribution in [2.45, 2.75) is 19.4 Å². The largest absolute Gasteiger partial charge is 0.350 e. The molecule has 3 rings (SSSR count). The molecule has 0 saturated heterocycles. The van der Waals surface area contributed by atoms with Gasteiger partial charge in [-0.15, -0.1) is 11.3 Å². The third-order valence-corrected chi connectivity index (χ3v) is 4.75. The molecule has 1 aromatic heterocycles. The van der Waals surface area contributed by atoms with Crippen molar-refractivity contribution in [3.8, 4) is 0 Å². The van der Waals surface area contributed by atoms with Crippen molar-refractivity contribution in [2.75, 3.05) is 0 Å². The second-order valence-corrected chi connectivity index (χ2v) is 6.25. The van der Waals surface area contributed by atoms with Crippen LogP contribution < -0.4 is 5.73 Å². The molecule has 1 heterocycles. The molecular weight excluding hydrogens is 284 g/mol. The first kappa shape index (κ1) is 13.9. The van der Waals surface area contributed by atoms with Crippen LogP contribution in [0.5, 0.6) is 0 Å². The highest BCUT2D eigenvalue weighted by atomic mass is 32.1. The van der Waals surface area contributed by atoms with Crippen molar-refractivity contribution < 1.29 is 10.0 Å². The molecule has 0 fully saturated rings. The fourth-order valence-corrected chi connectivity index (χ4v) is 3.71. The summed E-state index contributed by atoms with van der Waals surface area (Å²) in [6.45, 7) is 1.76. The molecule has 2 aromatic carbocycles. The average Bonchev–Trinajstić information content (AvgIpc) is 2.83. The molecule has 0 aliphatic heterocycles. The van der Waals surface area contributed by atoms with Crippen LogP contribution in [0.2, 0.25) is 0 Å². The normalized spacial score (nSPS) is 12.7. The number of primary amides is 1. The molecule has 0 saturated carbocycles. The van der Waals surface area contributed by atoms with Crippen LogP contribution in [0.4, 0.5) is 4.79 Å². The summed E-state index contributed by atoms with van der Waals surface area (Å²) in [5.74, 6) is 0. The van der Waals surface area contributed by atoms with Crippen LogP contribution >= 0.6 is 11.3 Å². The molecule has 1 unspecified atom stereocenters. The summed E-state index contributed by atoms with van der Waals surface area (Å²) in [4.78, 5) is 11.0. The lowest BCUT2D eigenvalue weighted by Gasteiger charge is -2.20. The Morgan fingerprint density at radius 1 is 1.24 bits per heavy atom. The molecule has 0 aliphatic rings. The molecule has 3 N–H and O–H groups in total. The van der Waals surface area contributed by atoms with E-state index in [-0.39, 0.29) is 6.04 Å². The Morgan fingerprint density at radius 2 is 1.95 bits per heavy atom. The Hall–Kier alpha value is -2.11. The fraction of sp³-hybridized carbons (Fsp3) is 0.188. The predicted octanol–water partition coefficient (Wildman–Crippen LogP) is 3.76. The van der Waals surface area contributed by atoms with Crippen LogP contribution in [-0.4, -0.2) is 22.3 Å². The first-order chi connectivity index (χ1) is 10.1. The number of nitrogens with zero attached hydrogens (tertiary/aromatic N) is 1. The third-order valence-electron chi connectivity index (χ3n) is 3.62. The minimum Gasteiger partial charge on any atom is -0.350 e. The maximum atomic E-state index is 11.0. The number of thiophene rings is 1. The summed E-state index contributed by atoms with van der Waals surface area (Å²) in [7, 11) is 0. The summed E-state index contributed by atoms with van der Waals surface area (Å²) in [5.41, 5.74) is 6.14. The van der Waals surface area contributed by atoms with E-state index in [1.54, 1.807) is 18.3 Å². The van der Waals surface area contributed by atoms with E-state index in [2.05, 4.69) is 24.3 Å². The zero-order chi connectivity index (χ0) is 15.0. The number of hydrogen-bond donors (Lipinski definition) is 2. The van der Waals surface area contributed by atoms with Gasteiger partial charge in [-0.25, -0.2) is 9.86 Å². The molecule has 0 spiro atoms. The zero-order valence-corrected chi connectivity index (χ0v) is 12.4. The van der Waals surface area contributed by atoms with E-state index in [4.69, 9.17) is 5.73 Å². The number of hydrogen-bond acceptors (Lipinski definition) is 3. The Kier molecular flexibility index (Phi) is 3.53. The van der Waals surface area contributed by atoms with Gasteiger partial charge in [0.1, 0.15) is 0 Å². The molecule has 4 nitrogen and oxygen atoms in total. The van der Waals surface area contributed by atoms with Gasteiger partial charge in [0.05, 0.1) is 6.04 Å². The van der Waals surface area contributed by atoms with Gasteiger partial charge in [0.25, 0.3) is 0 Å². The van der Waals surface area contributed by atoms with E-state index in [9.17, 15) is 10.0 Å². The smallest absolute Gasteiger partial charge is 0.338 e. The van der Waals surface area contributed by atoms with E-state index in [0.29, 0.717) is 11.5 Å². The first-order valence-electron chi connectivity index (χ1n) is 6.74. The SMILES string of the molecule is CC(Cc1ccc2c(c1)sc1ccccc12)N(O)C(N)=O. The zero-order valence-electron chi connectivity index (χ0n) is 11.6. The molecule has 3 aromatic rings. The van der Waals surface area contributed by atoms with Crippen molar-refractivity contribution in [3.05, 3.63) is 48.0 Å². The van der Waals surface area contributed by atoms with Gasteiger partial charge in [-0.05, 0) is 31.0 Å². The summed E-state index contributed by atoms with van der Waals surface area (Å²) in [5, 5.41) is 12.6. The Morgan fingerprint density at radius 3 is 2.71 bits per heavy atom. The fourth-order valence-electron chi connectivity index (χ4n) is 2.54. The van der Waals surface area contributed by atoms with Gasteiger partial charge in [-0.2, -0.15) is 0 Å². The van der Waals surface area contributed by atoms with Crippen molar-refractivity contribution in [1.82, 2.24) is 5.06 Å². The van der Waals surface area contributed by atoms with E-state index < -0.39 is 6.03 Å². The van der Waals surface area contributed by atoms with Gasteiger partial charge < -0.3 is 5.73 Å². The van der Waals surface area contributed by atoms with Gasteiger partial charge in [0.15, 0.2) is 0 Å². The molecule has 5 heteroatoms. The molecular formula is C16H16N2O2S. The molecule has 1 atom stereocenters. The van der Waals surface area contributed by atoms with Crippen LogP contribution in [-0.2, 0) is 6.42 Å². The van der Waals surface area contributed by atoms with Gasteiger partial charge >= 0.3 is 6.03 Å². The van der Waals surface area contributed by atoms with Crippen molar-refractivity contribution >= 4 is 37.5 Å². The van der Waals surface area contributed by atoms with E-state index >= 15 is 0 Å². The molecule has 0 bridgehead atoms. The predicted molar refractivity (Wildman–Crippen MR) is 85.7 cm³/mol. The second kappa shape index (κ2) is 5.35. The lowest BCUT2D eigenvalue weighted by atomic mass is 10.0. The van der Waals surface area contributed by atoms with Crippen molar-refractivity contribution in [3.63, 3.8) is 0 Å². The summed E-state index contributed by atoms with van der Waals surface area (Å²) < 4.78 is 2.48. The lowest BCUT2D eigenvalue weighted by Crippen LogP contribution is -2.40. The highest BCUT2D eigenvalue weighted by Gasteiger charge is 2.16. The second-order valence-electron chi connectivity index (χ2n) is 5.16. The lowest BCUT2D eigenvalue weighted by molar-refractivity contribution is -0.0692. The number of carbonyl (C=O) groups excluding carboxylic acids is 1. The minimum atomic E-state index is -0.828. The van der Waals surface area contributed by atoms with Gasteiger partial charge in [-0.1, -0.05) is 30.3 Å². The first-order valence-corrected chi connectivity index (χ1v) is 7.55. The number of fused-ring (bicyclic) bond motifs is 3. The topological polar surface area (TPSA) is 66.6 Å². The number of urea groups is 1. The number of benzene rings is 2. The third kappa shape index (κ3) is 2.57. The highest BCUT2D eigenvalue weighted by Crippen LogP contribution is 2.34. The van der Waals surface area contributed by atoms with E-state index in [1.807, 2.05) is 18.2 Å². The number of rotatable bonds is 3. The van der Waals surface area contributed by atoms with Gasteiger partial charge in [-0.3, -0.25) is 5.21 Å². The minimum absolute atomic E-state index is 0.352. The Bertz CT molecular complexity index is 812. The van der Waals surface area contributed by atoms with Gasteiger partial charge in [0.2, 0.25) is 0 Å². The number of carbonyl (C=O) groups is 1. The molecule has 108 valence electrons. The summed E-state index contributed by atoms with van der Waals surface area (Å²) in [6.07, 6.45) is 0.559. The quantitative estimate of drug-likeness (QED) is 0.571. The number of hydroxylamine groups is 2. The maximum Gasteiger partial charge on any atom is 0.338 e. The molecule has 0 aliphatic carbocycles. The van der Waals surface area contributed by atoms with Crippen LogP contribution in [0.15, 0.2) is 42.5 Å². The number of nitrogens with two attached hydrogens (primary N) is 1. The molecule has 0 radical (unpaired) electrons. The summed E-state index contributed by atoms with van der Waals surface area (Å²) in [6, 6.07) is 13.4. The van der Waals surface area contributed by atoms with Crippen LogP contribution in [0.25, 0.3) is 20.2 Å². The van der Waals surface area contributed by atoms with Crippen molar-refractivity contribution in [1.29, 1.82) is 0 Å². The van der Waals surface area contributed by atoms with Gasteiger partial charge in [0, 0.05) is 20.2 Å². The monoisotopic (exact) mass is 300 g/mol. The van der Waals surface area contributed by atoms with Crippen LogP contribution in [0.1, 0.15) is 12.5 Å². The van der Waals surface area contributed by atoms with E-state index in [0.717, 1.165) is 5.56 Å². The standard InChI is InChI=1S/C16H16N2O2S/c1-10(18(20)16(17)19)8-11-6-7-13-12-4-2-3-5-14(12)21-15(13)9-11/h2-7,9-10,20H,8H2,1H3,(H2,17,19). The van der Waals surface area contributed by atoms with Crippen LogP contribution in [0.3, 0.4) is 0 Å². The maximum absolute atomic E-state index is 11.0. The highest BCUT2D eigenvalue weighted by molar-refractivity contribution is 7.25. The van der Waals surface area contributed by atoms with Crippen molar-refractivity contribution in [2.24, 2.45) is 5.73 Å². The van der Waals surface area contributed by atoms with Crippen LogP contribution in [0, 0.1) is 0 Å². The Labute approximate surface area is 126 Å². The molecule has 2 amide bonds. The van der Waals surface area contributed by atoms with E-state index in [1.165, 1.54) is 20.2 Å². The Balaban J connectivity index is 1.94. The summed E-state index contributed by atoms with van der Waals surface area (Å²) >= 11 is 1.75.